The fourth-order valence-corrected chi connectivity index (χ4v) is 1.47. The molecule has 0 amide bonds. The molecule has 2 aliphatic heterocycles. The van der Waals surface area contributed by atoms with Gasteiger partial charge in [0.1, 0.15) is 6.23 Å². The van der Waals surface area contributed by atoms with E-state index in [1.807, 2.05) is 0 Å². The number of fused-ring (bicyclic) bond motifs is 2. The fourth-order valence-electron chi connectivity index (χ4n) is 1.47. The summed E-state index contributed by atoms with van der Waals surface area (Å²) in [4.78, 5) is 0. The Morgan fingerprint density at radius 1 is 1.25 bits per heavy atom. The average Bonchev–Trinajstić information content (AvgIpc) is 2.12. The molecule has 2 heteroatoms. The summed E-state index contributed by atoms with van der Waals surface area (Å²) in [5, 5.41) is 3.29. The van der Waals surface area contributed by atoms with Gasteiger partial charge in [0.05, 0.1) is 6.10 Å². The first-order valence-electron chi connectivity index (χ1n) is 3.34. The van der Waals surface area contributed by atoms with Crippen LogP contribution in [-0.2, 0) is 4.74 Å². The van der Waals surface area contributed by atoms with Gasteiger partial charge in [-0.2, -0.15) is 0 Å². The van der Waals surface area contributed by atoms with Crippen molar-refractivity contribution in [1.82, 2.24) is 5.32 Å². The highest BCUT2D eigenvalue weighted by Crippen LogP contribution is 2.23. The van der Waals surface area contributed by atoms with Crippen molar-refractivity contribution in [2.24, 2.45) is 0 Å². The van der Waals surface area contributed by atoms with Crippen LogP contribution in [0, 0.1) is 0 Å². The van der Waals surface area contributed by atoms with Crippen molar-refractivity contribution in [3.63, 3.8) is 0 Å². The summed E-state index contributed by atoms with van der Waals surface area (Å²) in [5.74, 6) is 0. The summed E-state index contributed by atoms with van der Waals surface area (Å²) < 4.78 is 5.49. The van der Waals surface area contributed by atoms with E-state index in [9.17, 15) is 0 Å². The molecule has 2 saturated heterocycles. The van der Waals surface area contributed by atoms with E-state index in [0.717, 1.165) is 6.54 Å². The van der Waals surface area contributed by atoms with Crippen LogP contribution in [0.2, 0.25) is 0 Å². The summed E-state index contributed by atoms with van der Waals surface area (Å²) in [5.41, 5.74) is 0. The zero-order chi connectivity index (χ0) is 5.40. The zero-order valence-corrected chi connectivity index (χ0v) is 4.89. The molecule has 46 valence electrons. The molecule has 0 aliphatic carbocycles. The largest absolute Gasteiger partial charge is 0.360 e. The minimum Gasteiger partial charge on any atom is -0.360 e. The molecule has 0 aromatic rings. The second-order valence-corrected chi connectivity index (χ2v) is 2.57. The van der Waals surface area contributed by atoms with Crippen LogP contribution < -0.4 is 5.32 Å². The monoisotopic (exact) mass is 113 g/mol. The van der Waals surface area contributed by atoms with Crippen LogP contribution in [0.15, 0.2) is 0 Å². The Hall–Kier alpha value is -0.0800. The van der Waals surface area contributed by atoms with E-state index in [2.05, 4.69) is 5.32 Å². The summed E-state index contributed by atoms with van der Waals surface area (Å²) in [6.07, 6.45) is 4.73. The molecule has 2 bridgehead atoms. The molecule has 0 aromatic carbocycles. The van der Waals surface area contributed by atoms with E-state index in [1.165, 1.54) is 19.3 Å². The van der Waals surface area contributed by atoms with Crippen molar-refractivity contribution in [3.05, 3.63) is 0 Å². The first-order valence-corrected chi connectivity index (χ1v) is 3.34. The van der Waals surface area contributed by atoms with Gasteiger partial charge in [-0.1, -0.05) is 0 Å². The third kappa shape index (κ3) is 0.644. The molecular weight excluding hydrogens is 102 g/mol. The summed E-state index contributed by atoms with van der Waals surface area (Å²) in [7, 11) is 0. The molecule has 2 nitrogen and oxygen atoms in total. The van der Waals surface area contributed by atoms with Crippen LogP contribution in [0.5, 0.6) is 0 Å². The van der Waals surface area contributed by atoms with Gasteiger partial charge < -0.3 is 4.74 Å². The highest BCUT2D eigenvalue weighted by atomic mass is 16.5. The molecule has 0 radical (unpaired) electrons. The normalized spacial score (nSPS) is 45.0. The van der Waals surface area contributed by atoms with Gasteiger partial charge in [0.2, 0.25) is 0 Å². The lowest BCUT2D eigenvalue weighted by molar-refractivity contribution is -0.00630. The zero-order valence-electron chi connectivity index (χ0n) is 4.89. The van der Waals surface area contributed by atoms with E-state index < -0.39 is 0 Å². The van der Waals surface area contributed by atoms with Gasteiger partial charge in [0, 0.05) is 0 Å². The highest BCUT2D eigenvalue weighted by molar-refractivity contribution is 4.77. The Morgan fingerprint density at radius 2 is 2.25 bits per heavy atom. The average molecular weight is 113 g/mol. The standard InChI is InChI=1S/C6H11NO/c1-2-6-7-4-3-5(1)8-6/h5-7H,1-4H2. The van der Waals surface area contributed by atoms with Crippen LogP contribution in [0.4, 0.5) is 0 Å². The second-order valence-electron chi connectivity index (χ2n) is 2.57. The molecule has 2 rings (SSSR count). The minimum absolute atomic E-state index is 0.411. The third-order valence-corrected chi connectivity index (χ3v) is 1.95. The van der Waals surface area contributed by atoms with Crippen molar-refractivity contribution >= 4 is 0 Å². The smallest absolute Gasteiger partial charge is 0.108 e. The maximum Gasteiger partial charge on any atom is 0.108 e. The SMILES string of the molecule is C1CC2CCC(N1)O2. The molecule has 2 atom stereocenters. The molecule has 2 unspecified atom stereocenters. The molecule has 2 aliphatic rings. The molecular formula is C6H11NO. The van der Waals surface area contributed by atoms with Crippen molar-refractivity contribution in [2.45, 2.75) is 31.6 Å². The second kappa shape index (κ2) is 1.71. The van der Waals surface area contributed by atoms with Gasteiger partial charge in [0.15, 0.2) is 0 Å². The first kappa shape index (κ1) is 4.77. The Labute approximate surface area is 49.2 Å². The number of ether oxygens (including phenoxy) is 1. The molecule has 0 spiro atoms. The van der Waals surface area contributed by atoms with E-state index >= 15 is 0 Å². The van der Waals surface area contributed by atoms with Crippen LogP contribution >= 0.6 is 0 Å². The molecule has 2 fully saturated rings. The molecule has 1 N–H and O–H groups in total. The lowest BCUT2D eigenvalue weighted by atomic mass is 10.2. The molecule has 0 aromatic heterocycles. The van der Waals surface area contributed by atoms with Gasteiger partial charge in [-0.3, -0.25) is 5.32 Å². The van der Waals surface area contributed by atoms with Crippen LogP contribution in [-0.4, -0.2) is 18.9 Å². The minimum atomic E-state index is 0.411. The number of hydrogen-bond donors (Lipinski definition) is 1. The lowest BCUT2D eigenvalue weighted by Gasteiger charge is -2.20. The van der Waals surface area contributed by atoms with Crippen LogP contribution in [0.25, 0.3) is 0 Å². The number of hydrogen-bond acceptors (Lipinski definition) is 2. The van der Waals surface area contributed by atoms with Crippen LogP contribution in [0.1, 0.15) is 19.3 Å². The molecule has 0 saturated carbocycles. The van der Waals surface area contributed by atoms with Crippen molar-refractivity contribution in [1.29, 1.82) is 0 Å². The van der Waals surface area contributed by atoms with E-state index in [1.54, 1.807) is 0 Å². The summed E-state index contributed by atoms with van der Waals surface area (Å²) >= 11 is 0. The van der Waals surface area contributed by atoms with Gasteiger partial charge in [-0.25, -0.2) is 0 Å². The van der Waals surface area contributed by atoms with Crippen molar-refractivity contribution in [2.75, 3.05) is 6.54 Å². The Kier molecular flexibility index (Phi) is 1.02. The predicted molar refractivity (Wildman–Crippen MR) is 30.5 cm³/mol. The Bertz CT molecular complexity index is 80.5. The van der Waals surface area contributed by atoms with Crippen molar-refractivity contribution in [3.8, 4) is 0 Å². The molecule has 2 heterocycles. The van der Waals surface area contributed by atoms with E-state index in [-0.39, 0.29) is 0 Å². The third-order valence-electron chi connectivity index (χ3n) is 1.95. The van der Waals surface area contributed by atoms with Gasteiger partial charge in [-0.05, 0) is 25.8 Å². The Morgan fingerprint density at radius 3 is 3.00 bits per heavy atom. The first-order chi connectivity index (χ1) is 3.95. The van der Waals surface area contributed by atoms with Crippen LogP contribution in [0.3, 0.4) is 0 Å². The quantitative estimate of drug-likeness (QED) is 0.493. The maximum atomic E-state index is 5.49. The fraction of sp³-hybridized carbons (Fsp3) is 1.00. The van der Waals surface area contributed by atoms with Crippen molar-refractivity contribution < 1.29 is 4.74 Å². The predicted octanol–water partition coefficient (Wildman–Crippen LogP) is 0.485. The van der Waals surface area contributed by atoms with E-state index in [4.69, 9.17) is 4.74 Å². The maximum absolute atomic E-state index is 5.49. The lowest BCUT2D eigenvalue weighted by Crippen LogP contribution is -2.35. The number of rotatable bonds is 0. The topological polar surface area (TPSA) is 21.3 Å². The van der Waals surface area contributed by atoms with E-state index in [0.29, 0.717) is 12.3 Å². The highest BCUT2D eigenvalue weighted by Gasteiger charge is 2.28. The molecule has 8 heavy (non-hydrogen) atoms. The summed E-state index contributed by atoms with van der Waals surface area (Å²) in [6.45, 7) is 1.16. The van der Waals surface area contributed by atoms with Gasteiger partial charge in [-0.15, -0.1) is 0 Å². The summed E-state index contributed by atoms with van der Waals surface area (Å²) in [6, 6.07) is 0. The van der Waals surface area contributed by atoms with Gasteiger partial charge >= 0.3 is 0 Å². The van der Waals surface area contributed by atoms with Gasteiger partial charge in [0.25, 0.3) is 0 Å². The number of nitrogens with one attached hydrogen (secondary N) is 1. The Balaban J connectivity index is 2.03.